The molecule has 1 aliphatic heterocycles. The summed E-state index contributed by atoms with van der Waals surface area (Å²) in [5.41, 5.74) is 1.27. The van der Waals surface area contributed by atoms with Crippen LogP contribution in [0.3, 0.4) is 0 Å². The van der Waals surface area contributed by atoms with Crippen molar-refractivity contribution < 1.29 is 9.47 Å². The van der Waals surface area contributed by atoms with E-state index in [1.165, 1.54) is 5.56 Å². The molecule has 4 rings (SSSR count). The lowest BCUT2D eigenvalue weighted by Crippen LogP contribution is -2.51. The SMILES string of the molecule is c1cncc(CN2CCO[C@H]3[C@H](OCCCn4cccn4)CC[C@@H]32)c1. The normalized spacial score (nSPS) is 26.6. The van der Waals surface area contributed by atoms with E-state index < -0.39 is 0 Å². The van der Waals surface area contributed by atoms with Crippen molar-refractivity contribution in [3.63, 3.8) is 0 Å². The highest BCUT2D eigenvalue weighted by molar-refractivity contribution is 5.09. The number of morpholine rings is 1. The van der Waals surface area contributed by atoms with Gasteiger partial charge in [0.1, 0.15) is 0 Å². The van der Waals surface area contributed by atoms with Crippen LogP contribution in [0.15, 0.2) is 43.0 Å². The van der Waals surface area contributed by atoms with Gasteiger partial charge in [-0.2, -0.15) is 5.10 Å². The molecule has 0 aromatic carbocycles. The average Bonchev–Trinajstić information content (AvgIpc) is 3.30. The molecule has 0 radical (unpaired) electrons. The number of hydrogen-bond donors (Lipinski definition) is 0. The fraction of sp³-hybridized carbons (Fsp3) is 0.579. The van der Waals surface area contributed by atoms with Gasteiger partial charge in [-0.05, 0) is 37.0 Å². The number of ether oxygens (including phenoxy) is 2. The summed E-state index contributed by atoms with van der Waals surface area (Å²) >= 11 is 0. The molecule has 2 aromatic rings. The Hall–Kier alpha value is -1.76. The lowest BCUT2D eigenvalue weighted by atomic mass is 10.1. The Morgan fingerprint density at radius 1 is 1.24 bits per heavy atom. The Labute approximate surface area is 148 Å². The van der Waals surface area contributed by atoms with E-state index in [2.05, 4.69) is 21.0 Å². The van der Waals surface area contributed by atoms with Crippen LogP contribution in [0.5, 0.6) is 0 Å². The number of fused-ring (bicyclic) bond motifs is 1. The van der Waals surface area contributed by atoms with Crippen LogP contribution in [0.1, 0.15) is 24.8 Å². The van der Waals surface area contributed by atoms with Gasteiger partial charge in [0.2, 0.25) is 0 Å². The number of pyridine rings is 1. The zero-order valence-corrected chi connectivity index (χ0v) is 14.5. The fourth-order valence-electron chi connectivity index (χ4n) is 3.99. The highest BCUT2D eigenvalue weighted by Crippen LogP contribution is 2.33. The summed E-state index contributed by atoms with van der Waals surface area (Å²) in [6.07, 6.45) is 11.2. The largest absolute Gasteiger partial charge is 0.375 e. The molecule has 0 spiro atoms. The van der Waals surface area contributed by atoms with Gasteiger partial charge in [-0.25, -0.2) is 0 Å². The molecule has 2 fully saturated rings. The monoisotopic (exact) mass is 342 g/mol. The van der Waals surface area contributed by atoms with Gasteiger partial charge < -0.3 is 9.47 Å². The first-order valence-electron chi connectivity index (χ1n) is 9.24. The van der Waals surface area contributed by atoms with Crippen LogP contribution in [-0.2, 0) is 22.6 Å². The Morgan fingerprint density at radius 3 is 3.08 bits per heavy atom. The second-order valence-corrected chi connectivity index (χ2v) is 6.84. The zero-order chi connectivity index (χ0) is 16.9. The van der Waals surface area contributed by atoms with Crippen LogP contribution in [0.2, 0.25) is 0 Å². The number of rotatable bonds is 7. The van der Waals surface area contributed by atoms with Crippen molar-refractivity contribution in [3.8, 4) is 0 Å². The molecule has 25 heavy (non-hydrogen) atoms. The van der Waals surface area contributed by atoms with Crippen molar-refractivity contribution in [1.82, 2.24) is 19.7 Å². The van der Waals surface area contributed by atoms with Gasteiger partial charge >= 0.3 is 0 Å². The van der Waals surface area contributed by atoms with Gasteiger partial charge in [0, 0.05) is 57.1 Å². The van der Waals surface area contributed by atoms with E-state index in [1.807, 2.05) is 41.6 Å². The third kappa shape index (κ3) is 4.08. The van der Waals surface area contributed by atoms with Gasteiger partial charge in [0.25, 0.3) is 0 Å². The van der Waals surface area contributed by atoms with E-state index >= 15 is 0 Å². The van der Waals surface area contributed by atoms with Crippen LogP contribution in [0.4, 0.5) is 0 Å². The van der Waals surface area contributed by atoms with Crippen molar-refractivity contribution in [1.29, 1.82) is 0 Å². The van der Waals surface area contributed by atoms with Gasteiger partial charge in [-0.3, -0.25) is 14.6 Å². The summed E-state index contributed by atoms with van der Waals surface area (Å²) in [5, 5.41) is 4.23. The van der Waals surface area contributed by atoms with E-state index in [1.54, 1.807) is 0 Å². The van der Waals surface area contributed by atoms with E-state index in [4.69, 9.17) is 9.47 Å². The summed E-state index contributed by atoms with van der Waals surface area (Å²) in [5.74, 6) is 0. The third-order valence-electron chi connectivity index (χ3n) is 5.18. The van der Waals surface area contributed by atoms with E-state index in [0.717, 1.165) is 52.1 Å². The van der Waals surface area contributed by atoms with Crippen LogP contribution in [0, 0.1) is 0 Å². The lowest BCUT2D eigenvalue weighted by Gasteiger charge is -2.39. The minimum Gasteiger partial charge on any atom is -0.375 e. The van der Waals surface area contributed by atoms with E-state index in [9.17, 15) is 0 Å². The molecule has 0 amide bonds. The van der Waals surface area contributed by atoms with Gasteiger partial charge in [-0.15, -0.1) is 0 Å². The van der Waals surface area contributed by atoms with Crippen molar-refractivity contribution in [2.24, 2.45) is 0 Å². The number of nitrogens with zero attached hydrogens (tertiary/aromatic N) is 4. The predicted octanol–water partition coefficient (Wildman–Crippen LogP) is 2.12. The zero-order valence-electron chi connectivity index (χ0n) is 14.5. The van der Waals surface area contributed by atoms with Crippen molar-refractivity contribution in [2.75, 3.05) is 19.8 Å². The molecule has 0 unspecified atom stereocenters. The first kappa shape index (κ1) is 16.7. The maximum Gasteiger partial charge on any atom is 0.0992 e. The van der Waals surface area contributed by atoms with Crippen LogP contribution in [-0.4, -0.2) is 57.7 Å². The van der Waals surface area contributed by atoms with Gasteiger partial charge in [-0.1, -0.05) is 6.07 Å². The first-order valence-corrected chi connectivity index (χ1v) is 9.24. The fourth-order valence-corrected chi connectivity index (χ4v) is 3.99. The minimum absolute atomic E-state index is 0.204. The standard InChI is InChI=1S/C19H26N4O2/c1-4-16(14-20-7-1)15-22-11-13-25-19-17(22)5-6-18(19)24-12-3-10-23-9-2-8-21-23/h1-2,4,7-9,14,17-19H,3,5-6,10-13,15H2/t17-,18+,19+/m0/s1. The number of hydrogen-bond acceptors (Lipinski definition) is 5. The molecule has 3 atom stereocenters. The number of aromatic nitrogens is 3. The van der Waals surface area contributed by atoms with Gasteiger partial charge in [0.15, 0.2) is 0 Å². The quantitative estimate of drug-likeness (QED) is 0.722. The van der Waals surface area contributed by atoms with Crippen molar-refractivity contribution in [3.05, 3.63) is 48.5 Å². The Kier molecular flexibility index (Phi) is 5.40. The van der Waals surface area contributed by atoms with E-state index in [0.29, 0.717) is 6.04 Å². The lowest BCUT2D eigenvalue weighted by molar-refractivity contribution is -0.115. The summed E-state index contributed by atoms with van der Waals surface area (Å²) in [4.78, 5) is 6.77. The Bertz CT molecular complexity index is 634. The van der Waals surface area contributed by atoms with E-state index in [-0.39, 0.29) is 12.2 Å². The average molecular weight is 342 g/mol. The minimum atomic E-state index is 0.204. The second kappa shape index (κ2) is 8.08. The summed E-state index contributed by atoms with van der Waals surface area (Å²) in [6, 6.07) is 6.57. The van der Waals surface area contributed by atoms with Gasteiger partial charge in [0.05, 0.1) is 18.8 Å². The highest BCUT2D eigenvalue weighted by atomic mass is 16.5. The summed E-state index contributed by atoms with van der Waals surface area (Å²) < 4.78 is 14.2. The Morgan fingerprint density at radius 2 is 2.24 bits per heavy atom. The van der Waals surface area contributed by atoms with Crippen LogP contribution in [0.25, 0.3) is 0 Å². The molecule has 0 bridgehead atoms. The molecule has 6 heteroatoms. The molecule has 0 N–H and O–H groups in total. The third-order valence-corrected chi connectivity index (χ3v) is 5.18. The molecule has 3 heterocycles. The molecule has 1 saturated heterocycles. The predicted molar refractivity (Wildman–Crippen MR) is 94.0 cm³/mol. The molecule has 1 aliphatic carbocycles. The molecular weight excluding hydrogens is 316 g/mol. The van der Waals surface area contributed by atoms with Crippen LogP contribution >= 0.6 is 0 Å². The molecule has 2 aliphatic rings. The smallest absolute Gasteiger partial charge is 0.0992 e. The maximum absolute atomic E-state index is 6.16. The summed E-state index contributed by atoms with van der Waals surface area (Å²) in [7, 11) is 0. The molecule has 2 aromatic heterocycles. The van der Waals surface area contributed by atoms with Crippen molar-refractivity contribution >= 4 is 0 Å². The second-order valence-electron chi connectivity index (χ2n) is 6.84. The molecule has 6 nitrogen and oxygen atoms in total. The highest BCUT2D eigenvalue weighted by Gasteiger charge is 2.43. The maximum atomic E-state index is 6.16. The first-order chi connectivity index (χ1) is 12.4. The molecular formula is C19H26N4O2. The number of aryl methyl sites for hydroxylation is 1. The topological polar surface area (TPSA) is 52.4 Å². The summed E-state index contributed by atoms with van der Waals surface area (Å²) in [6.45, 7) is 4.39. The molecule has 1 saturated carbocycles. The molecule has 134 valence electrons. The Balaban J connectivity index is 1.27. The van der Waals surface area contributed by atoms with Crippen molar-refractivity contribution in [2.45, 2.75) is 50.6 Å². The van der Waals surface area contributed by atoms with Crippen LogP contribution < -0.4 is 0 Å².